The lowest BCUT2D eigenvalue weighted by Gasteiger charge is -2.31. The highest BCUT2D eigenvalue weighted by molar-refractivity contribution is 7.89. The largest absolute Gasteiger partial charge is 0.462 e. The standard InChI is InChI=1S/C22H30N4O5S/c1-6-31-22(28)19-15(3)25(5)16(4)20(19)32(29,30)26-11-7-8-17(13-26)21(27)24-18-12-14(2)9-10-23-18/h9-10,12,17H,6-8,11,13H2,1-5H3,(H,23,24,27)/t17-/m1/s1. The van der Waals surface area contributed by atoms with Crippen molar-refractivity contribution in [3.05, 3.63) is 40.8 Å². The molecular weight excluding hydrogens is 432 g/mol. The lowest BCUT2D eigenvalue weighted by atomic mass is 9.99. The van der Waals surface area contributed by atoms with Gasteiger partial charge < -0.3 is 14.6 Å². The Morgan fingerprint density at radius 2 is 1.97 bits per heavy atom. The molecule has 2 aromatic rings. The van der Waals surface area contributed by atoms with Crippen LogP contribution in [-0.4, -0.2) is 53.8 Å². The van der Waals surface area contributed by atoms with E-state index in [-0.39, 0.29) is 36.1 Å². The summed E-state index contributed by atoms with van der Waals surface area (Å²) in [4.78, 5) is 29.5. The van der Waals surface area contributed by atoms with Crippen molar-refractivity contribution >= 4 is 27.7 Å². The summed E-state index contributed by atoms with van der Waals surface area (Å²) in [7, 11) is -2.30. The Balaban J connectivity index is 1.88. The zero-order chi connectivity index (χ0) is 23.6. The molecule has 0 radical (unpaired) electrons. The minimum atomic E-state index is -4.02. The first kappa shape index (κ1) is 23.9. The van der Waals surface area contributed by atoms with E-state index in [9.17, 15) is 18.0 Å². The van der Waals surface area contributed by atoms with Crippen molar-refractivity contribution in [3.8, 4) is 0 Å². The maximum atomic E-state index is 13.6. The Kier molecular flexibility index (Phi) is 7.04. The lowest BCUT2D eigenvalue weighted by Crippen LogP contribution is -2.44. The number of carbonyl (C=O) groups is 2. The van der Waals surface area contributed by atoms with E-state index >= 15 is 0 Å². The number of esters is 1. The van der Waals surface area contributed by atoms with Crippen molar-refractivity contribution in [1.29, 1.82) is 0 Å². The normalized spacial score (nSPS) is 17.2. The van der Waals surface area contributed by atoms with Crippen molar-refractivity contribution in [3.63, 3.8) is 0 Å². The Morgan fingerprint density at radius 3 is 2.62 bits per heavy atom. The number of sulfonamides is 1. The molecule has 174 valence electrons. The van der Waals surface area contributed by atoms with Crippen molar-refractivity contribution < 1.29 is 22.7 Å². The number of anilines is 1. The molecule has 0 aliphatic carbocycles. The van der Waals surface area contributed by atoms with Crippen LogP contribution < -0.4 is 5.32 Å². The fraction of sp³-hybridized carbons (Fsp3) is 0.500. The molecule has 0 saturated carbocycles. The number of amides is 1. The van der Waals surface area contributed by atoms with Crippen LogP contribution in [0.1, 0.15) is 47.1 Å². The van der Waals surface area contributed by atoms with Crippen LogP contribution in [0.4, 0.5) is 5.82 Å². The van der Waals surface area contributed by atoms with Gasteiger partial charge >= 0.3 is 5.97 Å². The SMILES string of the molecule is CCOC(=O)c1c(S(=O)(=O)N2CCC[C@@H](C(=O)Nc3cc(C)ccn3)C2)c(C)n(C)c1C. The summed E-state index contributed by atoms with van der Waals surface area (Å²) < 4.78 is 35.4. The molecule has 2 aromatic heterocycles. The first-order chi connectivity index (χ1) is 15.1. The van der Waals surface area contributed by atoms with Crippen LogP contribution >= 0.6 is 0 Å². The van der Waals surface area contributed by atoms with E-state index < -0.39 is 21.9 Å². The van der Waals surface area contributed by atoms with Crippen molar-refractivity contribution in [2.24, 2.45) is 13.0 Å². The minimum absolute atomic E-state index is 0.0373. The van der Waals surface area contributed by atoms with E-state index in [0.29, 0.717) is 30.0 Å². The second-order valence-corrected chi connectivity index (χ2v) is 9.94. The maximum absolute atomic E-state index is 13.6. The summed E-state index contributed by atoms with van der Waals surface area (Å²) in [6.45, 7) is 7.40. The highest BCUT2D eigenvalue weighted by atomic mass is 32.2. The van der Waals surface area contributed by atoms with Gasteiger partial charge in [0, 0.05) is 37.7 Å². The van der Waals surface area contributed by atoms with Crippen LogP contribution in [0, 0.1) is 26.7 Å². The van der Waals surface area contributed by atoms with E-state index in [0.717, 1.165) is 5.56 Å². The summed E-state index contributed by atoms with van der Waals surface area (Å²) in [5.74, 6) is -1.01. The van der Waals surface area contributed by atoms with Gasteiger partial charge in [0.25, 0.3) is 0 Å². The fourth-order valence-corrected chi connectivity index (χ4v) is 6.02. The smallest absolute Gasteiger partial charge is 0.341 e. The van der Waals surface area contributed by atoms with Crippen LogP contribution in [0.2, 0.25) is 0 Å². The number of carbonyl (C=O) groups excluding carboxylic acids is 2. The zero-order valence-electron chi connectivity index (χ0n) is 19.1. The molecule has 0 unspecified atom stereocenters. The highest BCUT2D eigenvalue weighted by Gasteiger charge is 2.39. The van der Waals surface area contributed by atoms with Crippen LogP contribution in [0.3, 0.4) is 0 Å². The molecular formula is C22H30N4O5S. The summed E-state index contributed by atoms with van der Waals surface area (Å²) in [6.07, 6.45) is 2.72. The monoisotopic (exact) mass is 462 g/mol. The van der Waals surface area contributed by atoms with Gasteiger partial charge in [0.2, 0.25) is 15.9 Å². The predicted molar refractivity (Wildman–Crippen MR) is 120 cm³/mol. The third kappa shape index (κ3) is 4.56. The van der Waals surface area contributed by atoms with Crippen LogP contribution in [-0.2, 0) is 26.6 Å². The number of piperidine rings is 1. The van der Waals surface area contributed by atoms with Gasteiger partial charge in [0.15, 0.2) is 0 Å². The quantitative estimate of drug-likeness (QED) is 0.661. The second kappa shape index (κ2) is 9.41. The molecule has 1 N–H and O–H groups in total. The minimum Gasteiger partial charge on any atom is -0.462 e. The van der Waals surface area contributed by atoms with Crippen LogP contribution in [0.25, 0.3) is 0 Å². The maximum Gasteiger partial charge on any atom is 0.341 e. The number of hydrogen-bond donors (Lipinski definition) is 1. The Labute approximate surface area is 188 Å². The predicted octanol–water partition coefficient (Wildman–Crippen LogP) is 2.56. The van der Waals surface area contributed by atoms with Gasteiger partial charge in [-0.3, -0.25) is 4.79 Å². The van der Waals surface area contributed by atoms with E-state index in [1.165, 1.54) is 4.31 Å². The molecule has 10 heteroatoms. The lowest BCUT2D eigenvalue weighted by molar-refractivity contribution is -0.120. The van der Waals surface area contributed by atoms with E-state index in [1.54, 1.807) is 44.6 Å². The average Bonchev–Trinajstić information content (AvgIpc) is 2.98. The first-order valence-corrected chi connectivity index (χ1v) is 12.1. The Bertz CT molecular complexity index is 1140. The van der Waals surface area contributed by atoms with Gasteiger partial charge in [-0.2, -0.15) is 4.31 Å². The molecule has 1 fully saturated rings. The van der Waals surface area contributed by atoms with Crippen LogP contribution in [0.5, 0.6) is 0 Å². The van der Waals surface area contributed by atoms with E-state index in [4.69, 9.17) is 4.74 Å². The van der Waals surface area contributed by atoms with Gasteiger partial charge in [-0.25, -0.2) is 18.2 Å². The van der Waals surface area contributed by atoms with E-state index in [1.807, 2.05) is 13.0 Å². The molecule has 3 heterocycles. The molecule has 1 saturated heterocycles. The molecule has 1 aliphatic heterocycles. The molecule has 0 aromatic carbocycles. The average molecular weight is 463 g/mol. The van der Waals surface area contributed by atoms with Gasteiger partial charge in [0.05, 0.1) is 12.5 Å². The number of hydrogen-bond acceptors (Lipinski definition) is 6. The van der Waals surface area contributed by atoms with Crippen molar-refractivity contribution in [2.45, 2.75) is 45.4 Å². The molecule has 0 bridgehead atoms. The van der Waals surface area contributed by atoms with Crippen LogP contribution in [0.15, 0.2) is 23.2 Å². The number of aryl methyl sites for hydroxylation is 1. The highest BCUT2D eigenvalue weighted by Crippen LogP contribution is 2.32. The molecule has 32 heavy (non-hydrogen) atoms. The van der Waals surface area contributed by atoms with Gasteiger partial charge in [-0.1, -0.05) is 0 Å². The van der Waals surface area contributed by atoms with Gasteiger partial charge in [0.1, 0.15) is 16.3 Å². The number of pyridine rings is 1. The first-order valence-electron chi connectivity index (χ1n) is 10.6. The van der Waals surface area contributed by atoms with Gasteiger partial charge in [-0.05, 0) is 58.2 Å². The topological polar surface area (TPSA) is 111 Å². The Morgan fingerprint density at radius 1 is 1.25 bits per heavy atom. The summed E-state index contributed by atoms with van der Waals surface area (Å²) in [5.41, 5.74) is 2.00. The van der Waals surface area contributed by atoms with Gasteiger partial charge in [-0.15, -0.1) is 0 Å². The van der Waals surface area contributed by atoms with E-state index in [2.05, 4.69) is 10.3 Å². The van der Waals surface area contributed by atoms with Crippen molar-refractivity contribution in [1.82, 2.24) is 13.9 Å². The number of nitrogens with one attached hydrogen (secondary N) is 1. The third-order valence-corrected chi connectivity index (χ3v) is 7.95. The number of aromatic nitrogens is 2. The second-order valence-electron chi connectivity index (χ2n) is 8.06. The molecule has 1 amide bonds. The fourth-order valence-electron chi connectivity index (χ4n) is 4.01. The number of rotatable bonds is 6. The van der Waals surface area contributed by atoms with Crippen molar-refractivity contribution in [2.75, 3.05) is 25.0 Å². The molecule has 1 aliphatic rings. The number of nitrogens with zero attached hydrogens (tertiary/aromatic N) is 3. The Hall–Kier alpha value is -2.72. The summed E-state index contributed by atoms with van der Waals surface area (Å²) in [5, 5.41) is 2.79. The summed E-state index contributed by atoms with van der Waals surface area (Å²) >= 11 is 0. The third-order valence-electron chi connectivity index (χ3n) is 5.92. The zero-order valence-corrected chi connectivity index (χ0v) is 20.0. The molecule has 0 spiro atoms. The molecule has 3 rings (SSSR count). The molecule has 9 nitrogen and oxygen atoms in total. The number of ether oxygens (including phenoxy) is 1. The molecule has 1 atom stereocenters. The summed E-state index contributed by atoms with van der Waals surface area (Å²) in [6, 6.07) is 3.59.